The van der Waals surface area contributed by atoms with Crippen molar-refractivity contribution in [2.75, 3.05) is 6.61 Å². The third kappa shape index (κ3) is 2.40. The first-order valence-electron chi connectivity index (χ1n) is 5.65. The summed E-state index contributed by atoms with van der Waals surface area (Å²) < 4.78 is 10.9. The Morgan fingerprint density at radius 3 is 2.53 bits per heavy atom. The third-order valence-electron chi connectivity index (χ3n) is 3.34. The highest BCUT2D eigenvalue weighted by atomic mass is 16.6. The minimum Gasteiger partial charge on any atom is -0.460 e. The average Bonchev–Trinajstić information content (AvgIpc) is 2.27. The Hall–Kier alpha value is -0.830. The monoisotopic (exact) mass is 210 g/mol. The topological polar surface area (TPSA) is 35.5 Å². The molecule has 0 aromatic rings. The fraction of sp³-hybridized carbons (Fsp3) is 0.750. The summed E-state index contributed by atoms with van der Waals surface area (Å²) >= 11 is 0. The van der Waals surface area contributed by atoms with Gasteiger partial charge in [0, 0.05) is 5.57 Å². The van der Waals surface area contributed by atoms with E-state index in [0.717, 1.165) is 0 Å². The number of hydrogen-bond acceptors (Lipinski definition) is 3. The van der Waals surface area contributed by atoms with Crippen LogP contribution in [0.2, 0.25) is 0 Å². The average molecular weight is 210 g/mol. The summed E-state index contributed by atoms with van der Waals surface area (Å²) in [6, 6.07) is 0. The minimum absolute atomic E-state index is 0.126. The van der Waals surface area contributed by atoms with Gasteiger partial charge in [0.2, 0.25) is 0 Å². The molecule has 84 valence electrons. The SMILES string of the molecule is C=C(C)C(=O)OCC1OC2CCC1CC2. The first-order valence-corrected chi connectivity index (χ1v) is 5.65. The molecule has 1 aliphatic carbocycles. The normalized spacial score (nSPS) is 33.8. The van der Waals surface area contributed by atoms with Crippen molar-refractivity contribution in [1.82, 2.24) is 0 Å². The maximum atomic E-state index is 11.2. The van der Waals surface area contributed by atoms with Gasteiger partial charge in [0.1, 0.15) is 6.61 Å². The molecule has 1 unspecified atom stereocenters. The van der Waals surface area contributed by atoms with Gasteiger partial charge in [-0.2, -0.15) is 0 Å². The van der Waals surface area contributed by atoms with Gasteiger partial charge in [0.15, 0.2) is 0 Å². The van der Waals surface area contributed by atoms with E-state index in [-0.39, 0.29) is 12.1 Å². The molecule has 2 aliphatic heterocycles. The first-order chi connectivity index (χ1) is 7.16. The van der Waals surface area contributed by atoms with Crippen LogP contribution in [0.5, 0.6) is 0 Å². The van der Waals surface area contributed by atoms with Crippen molar-refractivity contribution in [2.24, 2.45) is 5.92 Å². The predicted molar refractivity (Wildman–Crippen MR) is 56.4 cm³/mol. The van der Waals surface area contributed by atoms with Gasteiger partial charge < -0.3 is 9.47 Å². The van der Waals surface area contributed by atoms with Gasteiger partial charge >= 0.3 is 5.97 Å². The summed E-state index contributed by atoms with van der Waals surface area (Å²) in [4.78, 5) is 11.2. The molecule has 2 saturated heterocycles. The van der Waals surface area contributed by atoms with Gasteiger partial charge in [-0.25, -0.2) is 4.79 Å². The van der Waals surface area contributed by atoms with Crippen LogP contribution in [-0.2, 0) is 14.3 Å². The number of hydrogen-bond donors (Lipinski definition) is 0. The number of rotatable bonds is 3. The van der Waals surface area contributed by atoms with Crippen molar-refractivity contribution in [3.8, 4) is 0 Å². The molecular weight excluding hydrogens is 192 g/mol. The number of ether oxygens (including phenoxy) is 2. The van der Waals surface area contributed by atoms with E-state index in [1.807, 2.05) is 0 Å². The van der Waals surface area contributed by atoms with E-state index in [9.17, 15) is 4.79 Å². The summed E-state index contributed by atoms with van der Waals surface area (Å²) in [5.74, 6) is 0.285. The first kappa shape index (κ1) is 10.7. The van der Waals surface area contributed by atoms with E-state index in [2.05, 4.69) is 6.58 Å². The zero-order valence-corrected chi connectivity index (χ0v) is 9.20. The molecule has 0 radical (unpaired) electrons. The molecule has 15 heavy (non-hydrogen) atoms. The van der Waals surface area contributed by atoms with E-state index in [0.29, 0.717) is 24.2 Å². The van der Waals surface area contributed by atoms with E-state index < -0.39 is 0 Å². The van der Waals surface area contributed by atoms with Gasteiger partial charge in [0.25, 0.3) is 0 Å². The minimum atomic E-state index is -0.306. The Kier molecular flexibility index (Phi) is 3.10. The Bertz CT molecular complexity index is 264. The van der Waals surface area contributed by atoms with Crippen LogP contribution < -0.4 is 0 Å². The molecule has 0 amide bonds. The summed E-state index contributed by atoms with van der Waals surface area (Å²) in [5.41, 5.74) is 0.455. The van der Waals surface area contributed by atoms with Gasteiger partial charge in [-0.3, -0.25) is 0 Å². The molecule has 2 heterocycles. The second-order valence-electron chi connectivity index (χ2n) is 4.59. The maximum absolute atomic E-state index is 11.2. The van der Waals surface area contributed by atoms with E-state index >= 15 is 0 Å². The summed E-state index contributed by atoms with van der Waals surface area (Å²) in [7, 11) is 0. The molecule has 0 N–H and O–H groups in total. The molecule has 0 spiro atoms. The highest BCUT2D eigenvalue weighted by molar-refractivity contribution is 5.86. The molecule has 3 rings (SSSR count). The van der Waals surface area contributed by atoms with E-state index in [1.165, 1.54) is 25.7 Å². The van der Waals surface area contributed by atoms with Crippen molar-refractivity contribution in [1.29, 1.82) is 0 Å². The largest absolute Gasteiger partial charge is 0.460 e. The maximum Gasteiger partial charge on any atom is 0.333 e. The Morgan fingerprint density at radius 1 is 1.40 bits per heavy atom. The fourth-order valence-electron chi connectivity index (χ4n) is 2.41. The lowest BCUT2D eigenvalue weighted by atomic mass is 9.80. The van der Waals surface area contributed by atoms with Crippen molar-refractivity contribution in [2.45, 2.75) is 44.8 Å². The van der Waals surface area contributed by atoms with Gasteiger partial charge in [-0.1, -0.05) is 6.58 Å². The van der Waals surface area contributed by atoms with Crippen molar-refractivity contribution in [3.63, 3.8) is 0 Å². The molecule has 3 heteroatoms. The van der Waals surface area contributed by atoms with Crippen LogP contribution in [0.1, 0.15) is 32.6 Å². The number of carbonyl (C=O) groups excluding carboxylic acids is 1. The highest BCUT2D eigenvalue weighted by Gasteiger charge is 2.36. The van der Waals surface area contributed by atoms with Gasteiger partial charge in [-0.05, 0) is 38.5 Å². The zero-order chi connectivity index (χ0) is 10.8. The fourth-order valence-corrected chi connectivity index (χ4v) is 2.41. The van der Waals surface area contributed by atoms with Crippen molar-refractivity contribution >= 4 is 5.97 Å². The molecular formula is C12H18O3. The molecule has 1 saturated carbocycles. The lowest BCUT2D eigenvalue weighted by molar-refractivity contribution is -0.164. The quantitative estimate of drug-likeness (QED) is 0.528. The molecule has 3 fully saturated rings. The molecule has 0 aromatic heterocycles. The molecule has 1 atom stereocenters. The standard InChI is InChI=1S/C12H18O3/c1-8(2)12(13)14-7-11-9-3-5-10(15-11)6-4-9/h9-11H,1,3-7H2,2H3. The predicted octanol–water partition coefficient (Wildman–Crippen LogP) is 2.06. The summed E-state index contributed by atoms with van der Waals surface area (Å²) in [6.45, 7) is 5.61. The second-order valence-corrected chi connectivity index (χ2v) is 4.59. The van der Waals surface area contributed by atoms with Crippen LogP contribution in [0.15, 0.2) is 12.2 Å². The van der Waals surface area contributed by atoms with Crippen molar-refractivity contribution in [3.05, 3.63) is 12.2 Å². The molecule has 0 aromatic carbocycles. The molecule has 3 aliphatic rings. The van der Waals surface area contributed by atoms with Crippen LogP contribution >= 0.6 is 0 Å². The molecule has 3 nitrogen and oxygen atoms in total. The highest BCUT2D eigenvalue weighted by Crippen LogP contribution is 2.37. The lowest BCUT2D eigenvalue weighted by Crippen LogP contribution is -2.43. The molecule has 2 bridgehead atoms. The van der Waals surface area contributed by atoms with Crippen LogP contribution in [0, 0.1) is 5.92 Å². The summed E-state index contributed by atoms with van der Waals surface area (Å²) in [6.07, 6.45) is 5.33. The van der Waals surface area contributed by atoms with Gasteiger partial charge in [-0.15, -0.1) is 0 Å². The van der Waals surface area contributed by atoms with Crippen molar-refractivity contribution < 1.29 is 14.3 Å². The number of fused-ring (bicyclic) bond motifs is 3. The van der Waals surface area contributed by atoms with E-state index in [1.54, 1.807) is 6.92 Å². The second kappa shape index (κ2) is 4.35. The van der Waals surface area contributed by atoms with E-state index in [4.69, 9.17) is 9.47 Å². The smallest absolute Gasteiger partial charge is 0.333 e. The summed E-state index contributed by atoms with van der Waals surface area (Å²) in [5, 5.41) is 0. The lowest BCUT2D eigenvalue weighted by Gasteiger charge is -2.42. The van der Waals surface area contributed by atoms with Crippen LogP contribution in [-0.4, -0.2) is 24.8 Å². The van der Waals surface area contributed by atoms with Crippen LogP contribution in [0.25, 0.3) is 0 Å². The third-order valence-corrected chi connectivity index (χ3v) is 3.34. The van der Waals surface area contributed by atoms with Crippen LogP contribution in [0.3, 0.4) is 0 Å². The number of esters is 1. The Morgan fingerprint density at radius 2 is 2.07 bits per heavy atom. The van der Waals surface area contributed by atoms with Gasteiger partial charge in [0.05, 0.1) is 12.2 Å². The number of carbonyl (C=O) groups is 1. The van der Waals surface area contributed by atoms with Crippen LogP contribution in [0.4, 0.5) is 0 Å². The zero-order valence-electron chi connectivity index (χ0n) is 9.20. The Balaban J connectivity index is 1.80. The Labute approximate surface area is 90.4 Å².